The van der Waals surface area contributed by atoms with Crippen LogP contribution >= 0.6 is 0 Å². The van der Waals surface area contributed by atoms with Crippen LogP contribution in [0, 0.1) is 13.8 Å². The van der Waals surface area contributed by atoms with E-state index >= 15 is 0 Å². The molecular weight excluding hydrogens is 340 g/mol. The Kier molecular flexibility index (Phi) is 6.99. The second-order valence-electron chi connectivity index (χ2n) is 6.52. The van der Waals surface area contributed by atoms with Crippen LogP contribution in [-0.2, 0) is 4.79 Å². The van der Waals surface area contributed by atoms with Gasteiger partial charge in [-0.3, -0.25) is 9.59 Å². The molecule has 0 aliphatic carbocycles. The van der Waals surface area contributed by atoms with E-state index in [9.17, 15) is 9.59 Å². The lowest BCUT2D eigenvalue weighted by molar-refractivity contribution is -0.122. The van der Waals surface area contributed by atoms with Crippen molar-refractivity contribution < 1.29 is 14.3 Å². The molecule has 0 unspecified atom stereocenters. The molecular formula is C22H28N2O3. The number of hydrogen-bond donors (Lipinski definition) is 1. The average Bonchev–Trinajstić information content (AvgIpc) is 2.66. The number of aryl methyl sites for hydroxylation is 2. The molecule has 0 bridgehead atoms. The Labute approximate surface area is 161 Å². The Bertz CT molecular complexity index is 813. The van der Waals surface area contributed by atoms with Gasteiger partial charge in [-0.1, -0.05) is 18.2 Å². The Balaban J connectivity index is 2.13. The Morgan fingerprint density at radius 2 is 1.70 bits per heavy atom. The molecule has 2 aromatic rings. The maximum absolute atomic E-state index is 12.7. The lowest BCUT2D eigenvalue weighted by atomic mass is 10.1. The van der Waals surface area contributed by atoms with Gasteiger partial charge in [-0.05, 0) is 70.0 Å². The van der Waals surface area contributed by atoms with Crippen molar-refractivity contribution >= 4 is 17.5 Å². The van der Waals surface area contributed by atoms with E-state index in [-0.39, 0.29) is 11.8 Å². The van der Waals surface area contributed by atoms with E-state index in [1.807, 2.05) is 45.9 Å². The molecule has 0 spiro atoms. The number of hydrogen-bond acceptors (Lipinski definition) is 3. The summed E-state index contributed by atoms with van der Waals surface area (Å²) in [6, 6.07) is 12.8. The summed E-state index contributed by atoms with van der Waals surface area (Å²) in [6.45, 7) is 10.8. The van der Waals surface area contributed by atoms with Crippen LogP contribution in [0.25, 0.3) is 0 Å². The van der Waals surface area contributed by atoms with Gasteiger partial charge >= 0.3 is 0 Å². The topological polar surface area (TPSA) is 58.6 Å². The zero-order valence-electron chi connectivity index (χ0n) is 16.7. The monoisotopic (exact) mass is 368 g/mol. The molecule has 144 valence electrons. The molecule has 0 radical (unpaired) electrons. The quantitative estimate of drug-likeness (QED) is 0.797. The first-order valence-electron chi connectivity index (χ1n) is 9.30. The summed E-state index contributed by atoms with van der Waals surface area (Å²) in [6.07, 6.45) is -0.691. The van der Waals surface area contributed by atoms with Gasteiger partial charge < -0.3 is 15.0 Å². The normalized spacial score (nSPS) is 11.6. The largest absolute Gasteiger partial charge is 0.481 e. The molecule has 0 saturated heterocycles. The van der Waals surface area contributed by atoms with Gasteiger partial charge in [0.05, 0.1) is 11.3 Å². The molecule has 0 aliphatic heterocycles. The number of benzene rings is 2. The smallest absolute Gasteiger partial charge is 0.265 e. The fourth-order valence-electron chi connectivity index (χ4n) is 2.74. The molecule has 2 amide bonds. The van der Waals surface area contributed by atoms with Gasteiger partial charge in [0.2, 0.25) is 0 Å². The van der Waals surface area contributed by atoms with Crippen molar-refractivity contribution in [3.8, 4) is 5.75 Å². The second-order valence-corrected chi connectivity index (χ2v) is 6.52. The third-order valence-corrected chi connectivity index (χ3v) is 4.63. The van der Waals surface area contributed by atoms with E-state index in [1.54, 1.807) is 36.1 Å². The van der Waals surface area contributed by atoms with Crippen LogP contribution in [0.2, 0.25) is 0 Å². The van der Waals surface area contributed by atoms with Gasteiger partial charge in [0.1, 0.15) is 5.75 Å². The first-order valence-corrected chi connectivity index (χ1v) is 9.30. The number of rotatable bonds is 7. The highest BCUT2D eigenvalue weighted by molar-refractivity contribution is 6.04. The van der Waals surface area contributed by atoms with Crippen molar-refractivity contribution in [3.63, 3.8) is 0 Å². The number of carbonyl (C=O) groups is 2. The standard InChI is InChI=1S/C22H28N2O3/c1-6-24(7-2)22(26)19-10-8-9-11-20(19)23-21(25)17(5)27-18-13-12-15(3)16(4)14-18/h8-14,17H,6-7H2,1-5H3,(H,23,25)/t17-/m0/s1. The maximum atomic E-state index is 12.7. The summed E-state index contributed by atoms with van der Waals surface area (Å²) >= 11 is 0. The third-order valence-electron chi connectivity index (χ3n) is 4.63. The third kappa shape index (κ3) is 5.09. The summed E-state index contributed by atoms with van der Waals surface area (Å²) in [7, 11) is 0. The predicted molar refractivity (Wildman–Crippen MR) is 108 cm³/mol. The molecule has 5 heteroatoms. The molecule has 27 heavy (non-hydrogen) atoms. The Morgan fingerprint density at radius 3 is 2.33 bits per heavy atom. The Morgan fingerprint density at radius 1 is 1.04 bits per heavy atom. The van der Waals surface area contributed by atoms with Crippen LogP contribution in [0.15, 0.2) is 42.5 Å². The van der Waals surface area contributed by atoms with Crippen molar-refractivity contribution in [2.75, 3.05) is 18.4 Å². The highest BCUT2D eigenvalue weighted by atomic mass is 16.5. The van der Waals surface area contributed by atoms with Crippen LogP contribution in [0.1, 0.15) is 42.3 Å². The van der Waals surface area contributed by atoms with Crippen molar-refractivity contribution in [2.45, 2.75) is 40.7 Å². The Hall–Kier alpha value is -2.82. The van der Waals surface area contributed by atoms with Crippen molar-refractivity contribution in [1.29, 1.82) is 0 Å². The lowest BCUT2D eigenvalue weighted by Crippen LogP contribution is -2.33. The minimum absolute atomic E-state index is 0.0985. The SMILES string of the molecule is CCN(CC)C(=O)c1ccccc1NC(=O)[C@H](C)Oc1ccc(C)c(C)c1. The van der Waals surface area contributed by atoms with Crippen molar-refractivity contribution in [2.24, 2.45) is 0 Å². The molecule has 0 heterocycles. The number of anilines is 1. The van der Waals surface area contributed by atoms with Gasteiger partial charge in [0.25, 0.3) is 11.8 Å². The van der Waals surface area contributed by atoms with Gasteiger partial charge in [-0.15, -0.1) is 0 Å². The van der Waals surface area contributed by atoms with Crippen molar-refractivity contribution in [3.05, 3.63) is 59.2 Å². The number of carbonyl (C=O) groups excluding carboxylic acids is 2. The lowest BCUT2D eigenvalue weighted by Gasteiger charge is -2.21. The number of nitrogens with zero attached hydrogens (tertiary/aromatic N) is 1. The fourth-order valence-corrected chi connectivity index (χ4v) is 2.74. The van der Waals surface area contributed by atoms with E-state index in [2.05, 4.69) is 5.32 Å². The molecule has 5 nitrogen and oxygen atoms in total. The van der Waals surface area contributed by atoms with E-state index in [0.717, 1.165) is 5.56 Å². The van der Waals surface area contributed by atoms with Crippen molar-refractivity contribution in [1.82, 2.24) is 4.90 Å². The van der Waals surface area contributed by atoms with Crippen LogP contribution in [0.3, 0.4) is 0 Å². The molecule has 1 atom stereocenters. The minimum atomic E-state index is -0.691. The van der Waals surface area contributed by atoms with Crippen LogP contribution in [-0.4, -0.2) is 35.9 Å². The number of amides is 2. The number of ether oxygens (including phenoxy) is 1. The molecule has 0 aliphatic rings. The maximum Gasteiger partial charge on any atom is 0.265 e. The van der Waals surface area contributed by atoms with Gasteiger partial charge in [-0.2, -0.15) is 0 Å². The highest BCUT2D eigenvalue weighted by Gasteiger charge is 2.20. The van der Waals surface area contributed by atoms with E-state index < -0.39 is 6.10 Å². The molecule has 0 aromatic heterocycles. The van der Waals surface area contributed by atoms with E-state index in [1.165, 1.54) is 5.56 Å². The number of nitrogens with one attached hydrogen (secondary N) is 1. The van der Waals surface area contributed by atoms with Crippen LogP contribution in [0.5, 0.6) is 5.75 Å². The zero-order valence-corrected chi connectivity index (χ0v) is 16.7. The van der Waals surface area contributed by atoms with Crippen LogP contribution < -0.4 is 10.1 Å². The summed E-state index contributed by atoms with van der Waals surface area (Å²) in [5.41, 5.74) is 3.25. The van der Waals surface area contributed by atoms with Gasteiger partial charge in [0, 0.05) is 13.1 Å². The van der Waals surface area contributed by atoms with Gasteiger partial charge in [-0.25, -0.2) is 0 Å². The first kappa shape index (κ1) is 20.5. The molecule has 2 aromatic carbocycles. The molecule has 0 saturated carbocycles. The van der Waals surface area contributed by atoms with E-state index in [0.29, 0.717) is 30.1 Å². The molecule has 0 fully saturated rings. The predicted octanol–water partition coefficient (Wildman–Crippen LogP) is 4.19. The molecule has 1 N–H and O–H groups in total. The second kappa shape index (κ2) is 9.21. The fraction of sp³-hybridized carbons (Fsp3) is 0.364. The summed E-state index contributed by atoms with van der Waals surface area (Å²) in [4.78, 5) is 27.0. The summed E-state index contributed by atoms with van der Waals surface area (Å²) in [5, 5.41) is 2.83. The summed E-state index contributed by atoms with van der Waals surface area (Å²) in [5.74, 6) is 0.250. The van der Waals surface area contributed by atoms with Crippen LogP contribution in [0.4, 0.5) is 5.69 Å². The zero-order chi connectivity index (χ0) is 20.0. The first-order chi connectivity index (χ1) is 12.9. The van der Waals surface area contributed by atoms with Gasteiger partial charge in [0.15, 0.2) is 6.10 Å². The van der Waals surface area contributed by atoms with E-state index in [4.69, 9.17) is 4.74 Å². The highest BCUT2D eigenvalue weighted by Crippen LogP contribution is 2.20. The molecule has 2 rings (SSSR count). The average molecular weight is 368 g/mol. The number of para-hydroxylation sites is 1. The minimum Gasteiger partial charge on any atom is -0.481 e. The summed E-state index contributed by atoms with van der Waals surface area (Å²) < 4.78 is 5.77.